The summed E-state index contributed by atoms with van der Waals surface area (Å²) in [5.74, 6) is -1.75. The molecule has 0 saturated carbocycles. The lowest BCUT2D eigenvalue weighted by molar-refractivity contribution is 0.395. The van der Waals surface area contributed by atoms with Gasteiger partial charge in [-0.3, -0.25) is 21.7 Å². The van der Waals surface area contributed by atoms with Crippen LogP contribution in [0.25, 0.3) is 0 Å². The maximum Gasteiger partial charge on any atom is 0.296 e. The van der Waals surface area contributed by atoms with Gasteiger partial charge in [0.25, 0.3) is 50.6 Å². The fourth-order valence-corrected chi connectivity index (χ4v) is 9.04. The van der Waals surface area contributed by atoms with Crippen molar-refractivity contribution < 1.29 is 63.7 Å². The lowest BCUT2D eigenvalue weighted by atomic mass is 10.1. The largest absolute Gasteiger partial charge is 0.353 e. The summed E-state index contributed by atoms with van der Waals surface area (Å²) in [6.45, 7) is 3.31. The first-order chi connectivity index (χ1) is 30.7. The zero-order chi connectivity index (χ0) is 48.7. The van der Waals surface area contributed by atoms with Crippen molar-refractivity contribution in [3.63, 3.8) is 0 Å². The first kappa shape index (κ1) is 51.2. The predicted octanol–water partition coefficient (Wildman–Crippen LogP) is 5.49. The third kappa shape index (κ3) is 15.1. The number of nitrogens with one attached hydrogen (secondary N) is 2. The van der Waals surface area contributed by atoms with Crippen LogP contribution in [-0.4, -0.2) is 99.8 Å². The first-order valence-electron chi connectivity index (χ1n) is 18.6. The van der Waals surface area contributed by atoms with E-state index in [1.54, 1.807) is 50.2 Å². The molecule has 0 aliphatic heterocycles. The lowest BCUT2D eigenvalue weighted by Crippen LogP contribution is -2.18. The van der Waals surface area contributed by atoms with Crippen molar-refractivity contribution in [2.45, 2.75) is 41.6 Å². The van der Waals surface area contributed by atoms with E-state index in [1.165, 1.54) is 18.2 Å². The highest BCUT2D eigenvalue weighted by molar-refractivity contribution is 7.87. The molecule has 0 amide bonds. The van der Waals surface area contributed by atoms with Gasteiger partial charge in [0, 0.05) is 18.7 Å². The standard InChI is InChI=1S/C37H41N9O15S5/c1-23-12-25(6-8-33(23)45-43-29-15-26(21-62(47,48)49)14-27(16-29)22-63(50,51)52)17-35-40-36(38-10-11-64(53,54)59-3)42-37(41-35)39-28-7-9-34(24(2)13-28)46-44-30-18-31(65(55,56)60-4)20-32(19-30)66(57,58)61-5/h6-9,12-16,18-20H,10-11,17,21-22H2,1-5H3,(H,47,48,49)(H,50,51,52)(H2,38,39,40,41,42). The predicted molar refractivity (Wildman–Crippen MR) is 238 cm³/mol. The SMILES string of the molecule is COS(=O)(=O)CCNc1nc(Cc2ccc(N=Nc3cc(CS(=O)(=O)O)cc(CS(=O)(=O)O)c3)c(C)c2)nc(Nc2ccc(N=Nc3cc(S(=O)(=O)OC)cc(S(=O)(=O)OC)c3)c(C)c2)n1. The number of azo groups is 2. The Morgan fingerprint density at radius 1 is 0.561 bits per heavy atom. The maximum absolute atomic E-state index is 12.4. The van der Waals surface area contributed by atoms with Crippen molar-refractivity contribution in [2.75, 3.05) is 44.3 Å². The fraction of sp³-hybridized carbons (Fsp3) is 0.270. The van der Waals surface area contributed by atoms with Crippen LogP contribution in [0.4, 0.5) is 40.3 Å². The van der Waals surface area contributed by atoms with Gasteiger partial charge in [-0.2, -0.15) is 77.5 Å². The highest BCUT2D eigenvalue weighted by atomic mass is 32.2. The van der Waals surface area contributed by atoms with Gasteiger partial charge in [-0.15, -0.1) is 0 Å². The fourth-order valence-electron chi connectivity index (χ4n) is 5.81. The molecule has 0 saturated heterocycles. The van der Waals surface area contributed by atoms with Gasteiger partial charge in [0.2, 0.25) is 11.9 Å². The minimum absolute atomic E-state index is 0.0115. The highest BCUT2D eigenvalue weighted by Crippen LogP contribution is 2.31. The van der Waals surface area contributed by atoms with Gasteiger partial charge < -0.3 is 10.6 Å². The van der Waals surface area contributed by atoms with Crippen LogP contribution in [0.3, 0.4) is 0 Å². The van der Waals surface area contributed by atoms with E-state index >= 15 is 0 Å². The van der Waals surface area contributed by atoms with Crippen molar-refractivity contribution in [1.82, 2.24) is 15.0 Å². The normalized spacial score (nSPS) is 12.8. The number of rotatable bonds is 21. The average Bonchev–Trinajstić information content (AvgIpc) is 3.21. The Balaban J connectivity index is 1.40. The van der Waals surface area contributed by atoms with Crippen LogP contribution >= 0.6 is 0 Å². The molecule has 354 valence electrons. The monoisotopic (exact) mass is 1010 g/mol. The van der Waals surface area contributed by atoms with E-state index in [-0.39, 0.29) is 53.2 Å². The lowest BCUT2D eigenvalue weighted by Gasteiger charge is -2.12. The minimum atomic E-state index is -4.49. The molecule has 0 aliphatic rings. The van der Waals surface area contributed by atoms with Gasteiger partial charge in [0.05, 0.1) is 59.6 Å². The molecule has 24 nitrogen and oxygen atoms in total. The molecule has 0 radical (unpaired) electrons. The number of hydrogen-bond donors (Lipinski definition) is 4. The van der Waals surface area contributed by atoms with Crippen LogP contribution in [0.5, 0.6) is 0 Å². The molecular formula is C37H41N9O15S5. The summed E-state index contributed by atoms with van der Waals surface area (Å²) >= 11 is 0. The molecule has 1 heterocycles. The summed E-state index contributed by atoms with van der Waals surface area (Å²) in [5.41, 5.74) is 2.99. The van der Waals surface area contributed by atoms with Gasteiger partial charge in [-0.25, -0.2) is 0 Å². The summed E-state index contributed by atoms with van der Waals surface area (Å²) < 4.78 is 152. The molecule has 0 fully saturated rings. The van der Waals surface area contributed by atoms with E-state index in [9.17, 15) is 51.2 Å². The summed E-state index contributed by atoms with van der Waals surface area (Å²) in [7, 11) is -18.6. The van der Waals surface area contributed by atoms with Crippen molar-refractivity contribution >= 4 is 90.9 Å². The van der Waals surface area contributed by atoms with Crippen molar-refractivity contribution in [3.8, 4) is 0 Å². The van der Waals surface area contributed by atoms with Gasteiger partial charge in [0.15, 0.2) is 0 Å². The van der Waals surface area contributed by atoms with E-state index in [4.69, 9.17) is 0 Å². The molecule has 5 rings (SSSR count). The Bertz CT molecular complexity index is 3180. The summed E-state index contributed by atoms with van der Waals surface area (Å²) in [6.07, 6.45) is 0.135. The van der Waals surface area contributed by atoms with Gasteiger partial charge in [-0.05, 0) is 96.3 Å². The second-order valence-corrected chi connectivity index (χ2v) is 22.1. The molecule has 0 bridgehead atoms. The van der Waals surface area contributed by atoms with Gasteiger partial charge >= 0.3 is 0 Å². The van der Waals surface area contributed by atoms with Gasteiger partial charge in [-0.1, -0.05) is 18.2 Å². The third-order valence-corrected chi connectivity index (χ3v) is 13.9. The van der Waals surface area contributed by atoms with Gasteiger partial charge in [0.1, 0.15) is 17.3 Å². The Hall–Kier alpha value is -5.76. The van der Waals surface area contributed by atoms with E-state index in [1.807, 2.05) is 0 Å². The van der Waals surface area contributed by atoms with E-state index in [0.717, 1.165) is 39.5 Å². The molecule has 0 atom stereocenters. The molecule has 0 aliphatic carbocycles. The van der Waals surface area contributed by atoms with Crippen molar-refractivity contribution in [1.29, 1.82) is 0 Å². The zero-order valence-corrected chi connectivity index (χ0v) is 39.4. The molecule has 1 aromatic heterocycles. The summed E-state index contributed by atoms with van der Waals surface area (Å²) in [6, 6.07) is 16.7. The molecule has 66 heavy (non-hydrogen) atoms. The van der Waals surface area contributed by atoms with E-state index in [2.05, 4.69) is 58.6 Å². The molecular weight excluding hydrogens is 971 g/mol. The zero-order valence-electron chi connectivity index (χ0n) is 35.3. The number of nitrogens with zero attached hydrogens (tertiary/aromatic N) is 7. The Morgan fingerprint density at radius 2 is 1.08 bits per heavy atom. The molecule has 29 heteroatoms. The van der Waals surface area contributed by atoms with Crippen molar-refractivity contribution in [2.24, 2.45) is 20.5 Å². The second-order valence-electron chi connectivity index (χ2n) is 13.9. The highest BCUT2D eigenvalue weighted by Gasteiger charge is 2.22. The second kappa shape index (κ2) is 20.8. The molecule has 0 unspecified atom stereocenters. The van der Waals surface area contributed by atoms with Crippen molar-refractivity contribution in [3.05, 3.63) is 106 Å². The first-order valence-corrected chi connectivity index (χ1v) is 26.2. The van der Waals surface area contributed by atoms with E-state index < -0.39 is 77.6 Å². The minimum Gasteiger partial charge on any atom is -0.353 e. The number of aryl methyl sites for hydroxylation is 2. The van der Waals surface area contributed by atoms with Crippen LogP contribution < -0.4 is 10.6 Å². The summed E-state index contributed by atoms with van der Waals surface area (Å²) in [5, 5.41) is 22.5. The number of hydrogen-bond acceptors (Lipinski definition) is 22. The molecule has 4 N–H and O–H groups in total. The number of benzene rings is 4. The van der Waals surface area contributed by atoms with Crippen LogP contribution in [0.15, 0.2) is 103 Å². The number of aromatic nitrogens is 3. The Morgan fingerprint density at radius 3 is 1.58 bits per heavy atom. The average molecular weight is 1010 g/mol. The van der Waals surface area contributed by atoms with Crippen LogP contribution in [0, 0.1) is 13.8 Å². The maximum atomic E-state index is 12.4. The molecule has 5 aromatic rings. The Labute approximate surface area is 380 Å². The molecule has 0 spiro atoms. The third-order valence-electron chi connectivity index (χ3n) is 8.81. The smallest absolute Gasteiger partial charge is 0.296 e. The van der Waals surface area contributed by atoms with E-state index in [0.29, 0.717) is 33.8 Å². The molecule has 4 aromatic carbocycles. The van der Waals surface area contributed by atoms with Crippen LogP contribution in [-0.2, 0) is 81.1 Å². The quantitative estimate of drug-likeness (QED) is 0.0401. The van der Waals surface area contributed by atoms with Crippen LogP contribution in [0.1, 0.15) is 33.6 Å². The summed E-state index contributed by atoms with van der Waals surface area (Å²) in [4.78, 5) is 12.4. The topological polar surface area (TPSA) is 351 Å². The Kier molecular flexibility index (Phi) is 16.2. The number of anilines is 3. The van der Waals surface area contributed by atoms with Crippen LogP contribution in [0.2, 0.25) is 0 Å².